The molecular formula is C11H20N2O. The molecule has 0 aromatic heterocycles. The zero-order chi connectivity index (χ0) is 10.4. The summed E-state index contributed by atoms with van der Waals surface area (Å²) in [5, 5.41) is 3.22. The molecule has 0 saturated carbocycles. The van der Waals surface area contributed by atoms with Gasteiger partial charge < -0.3 is 10.2 Å². The third-order valence-corrected chi connectivity index (χ3v) is 2.46. The number of nitrogens with one attached hydrogen (secondary N) is 1. The van der Waals surface area contributed by atoms with Crippen molar-refractivity contribution in [3.8, 4) is 0 Å². The van der Waals surface area contributed by atoms with Gasteiger partial charge in [-0.25, -0.2) is 0 Å². The van der Waals surface area contributed by atoms with Gasteiger partial charge >= 0.3 is 0 Å². The summed E-state index contributed by atoms with van der Waals surface area (Å²) in [6.07, 6.45) is 4.07. The monoisotopic (exact) mass is 196 g/mol. The molecule has 1 aliphatic heterocycles. The highest BCUT2D eigenvalue weighted by molar-refractivity contribution is 5.94. The summed E-state index contributed by atoms with van der Waals surface area (Å²) in [5.41, 5.74) is 0.937. The minimum Gasteiger partial charge on any atom is -0.339 e. The Hall–Kier alpha value is -0.830. The van der Waals surface area contributed by atoms with Crippen LogP contribution in [0.15, 0.2) is 11.6 Å². The molecule has 1 heterocycles. The molecule has 0 aromatic carbocycles. The van der Waals surface area contributed by atoms with Crippen molar-refractivity contribution >= 4 is 5.91 Å². The normalized spacial score (nSPS) is 16.3. The Morgan fingerprint density at radius 3 is 2.86 bits per heavy atom. The average Bonchev–Trinajstić information content (AvgIpc) is 2.26. The molecule has 0 aliphatic carbocycles. The average molecular weight is 196 g/mol. The van der Waals surface area contributed by atoms with Gasteiger partial charge in [0.15, 0.2) is 0 Å². The van der Waals surface area contributed by atoms with Gasteiger partial charge in [-0.15, -0.1) is 0 Å². The molecule has 0 spiro atoms. The second kappa shape index (κ2) is 5.81. The van der Waals surface area contributed by atoms with Gasteiger partial charge in [0.25, 0.3) is 5.91 Å². The fourth-order valence-electron chi connectivity index (χ4n) is 1.68. The largest absolute Gasteiger partial charge is 0.339 e. The van der Waals surface area contributed by atoms with Crippen LogP contribution in [0.3, 0.4) is 0 Å². The van der Waals surface area contributed by atoms with Crippen LogP contribution in [-0.2, 0) is 4.79 Å². The molecule has 3 heteroatoms. The van der Waals surface area contributed by atoms with E-state index < -0.39 is 0 Å². The number of hydrogen-bond donors (Lipinski definition) is 1. The van der Waals surface area contributed by atoms with Crippen molar-refractivity contribution in [2.75, 3.05) is 26.2 Å². The Balaban J connectivity index is 2.56. The minimum absolute atomic E-state index is 0.210. The molecule has 80 valence electrons. The van der Waals surface area contributed by atoms with E-state index >= 15 is 0 Å². The van der Waals surface area contributed by atoms with E-state index in [0.717, 1.165) is 44.6 Å². The van der Waals surface area contributed by atoms with E-state index in [1.807, 2.05) is 11.8 Å². The third kappa shape index (κ3) is 2.84. The highest BCUT2D eigenvalue weighted by Crippen LogP contribution is 2.06. The molecule has 0 saturated heterocycles. The first kappa shape index (κ1) is 11.2. The molecule has 1 aliphatic rings. The third-order valence-electron chi connectivity index (χ3n) is 2.46. The summed E-state index contributed by atoms with van der Waals surface area (Å²) in [4.78, 5) is 13.9. The predicted octanol–water partition coefficient (Wildman–Crippen LogP) is 1.16. The number of likely N-dealkylation sites (N-methyl/N-ethyl adjacent to an activating group) is 1. The van der Waals surface area contributed by atoms with Crippen molar-refractivity contribution in [1.29, 1.82) is 0 Å². The van der Waals surface area contributed by atoms with Crippen LogP contribution in [-0.4, -0.2) is 37.0 Å². The standard InChI is InChI=1S/C11H20N2O/c1-3-8-13(4-2)11(14)10-6-5-7-12-9-10/h6,12H,3-5,7-9H2,1-2H3. The van der Waals surface area contributed by atoms with Crippen LogP contribution in [0.1, 0.15) is 26.7 Å². The Labute approximate surface area is 86.2 Å². The lowest BCUT2D eigenvalue weighted by Gasteiger charge is -2.23. The van der Waals surface area contributed by atoms with Gasteiger partial charge in [0.2, 0.25) is 0 Å². The summed E-state index contributed by atoms with van der Waals surface area (Å²) in [7, 11) is 0. The summed E-state index contributed by atoms with van der Waals surface area (Å²) in [5.74, 6) is 0.210. The van der Waals surface area contributed by atoms with Crippen molar-refractivity contribution in [2.45, 2.75) is 26.7 Å². The molecule has 1 amide bonds. The summed E-state index contributed by atoms with van der Waals surface area (Å²) in [6.45, 7) is 7.54. The Morgan fingerprint density at radius 2 is 2.36 bits per heavy atom. The number of nitrogens with zero attached hydrogens (tertiary/aromatic N) is 1. The predicted molar refractivity (Wildman–Crippen MR) is 58.1 cm³/mol. The van der Waals surface area contributed by atoms with Crippen molar-refractivity contribution < 1.29 is 4.79 Å². The molecule has 0 atom stereocenters. The van der Waals surface area contributed by atoms with Crippen LogP contribution in [0.2, 0.25) is 0 Å². The number of amides is 1. The van der Waals surface area contributed by atoms with E-state index in [-0.39, 0.29) is 5.91 Å². The zero-order valence-corrected chi connectivity index (χ0v) is 9.18. The molecular weight excluding hydrogens is 176 g/mol. The molecule has 14 heavy (non-hydrogen) atoms. The van der Waals surface area contributed by atoms with Crippen LogP contribution >= 0.6 is 0 Å². The molecule has 0 aromatic rings. The van der Waals surface area contributed by atoms with Crippen molar-refractivity contribution in [2.24, 2.45) is 0 Å². The summed E-state index contributed by atoms with van der Waals surface area (Å²) >= 11 is 0. The van der Waals surface area contributed by atoms with Crippen LogP contribution in [0.25, 0.3) is 0 Å². The Kier molecular flexibility index (Phi) is 4.66. The van der Waals surface area contributed by atoms with Crippen molar-refractivity contribution in [1.82, 2.24) is 10.2 Å². The molecule has 0 fully saturated rings. The first-order valence-corrected chi connectivity index (χ1v) is 5.48. The second-order valence-corrected chi connectivity index (χ2v) is 3.58. The van der Waals surface area contributed by atoms with E-state index in [0.29, 0.717) is 0 Å². The smallest absolute Gasteiger partial charge is 0.250 e. The van der Waals surface area contributed by atoms with Gasteiger partial charge in [0.1, 0.15) is 0 Å². The lowest BCUT2D eigenvalue weighted by Crippen LogP contribution is -2.37. The van der Waals surface area contributed by atoms with Crippen LogP contribution in [0.5, 0.6) is 0 Å². The SMILES string of the molecule is CCCN(CC)C(=O)C1=CCCNC1. The quantitative estimate of drug-likeness (QED) is 0.732. The maximum Gasteiger partial charge on any atom is 0.250 e. The van der Waals surface area contributed by atoms with E-state index in [9.17, 15) is 4.79 Å². The second-order valence-electron chi connectivity index (χ2n) is 3.58. The molecule has 1 rings (SSSR count). The number of carbonyl (C=O) groups is 1. The number of carbonyl (C=O) groups excluding carboxylic acids is 1. The van der Waals surface area contributed by atoms with Crippen LogP contribution < -0.4 is 5.32 Å². The highest BCUT2D eigenvalue weighted by Gasteiger charge is 2.16. The first-order chi connectivity index (χ1) is 6.79. The van der Waals surface area contributed by atoms with E-state index in [2.05, 4.69) is 18.3 Å². The lowest BCUT2D eigenvalue weighted by molar-refractivity contribution is -0.127. The van der Waals surface area contributed by atoms with E-state index in [1.165, 1.54) is 0 Å². The van der Waals surface area contributed by atoms with Gasteiger partial charge in [-0.1, -0.05) is 13.0 Å². The molecule has 3 nitrogen and oxygen atoms in total. The molecule has 0 unspecified atom stereocenters. The van der Waals surface area contributed by atoms with Gasteiger partial charge in [-0.3, -0.25) is 4.79 Å². The molecule has 0 radical (unpaired) electrons. The first-order valence-electron chi connectivity index (χ1n) is 5.48. The van der Waals surface area contributed by atoms with Crippen molar-refractivity contribution in [3.05, 3.63) is 11.6 Å². The topological polar surface area (TPSA) is 32.3 Å². The Bertz CT molecular complexity index is 223. The van der Waals surface area contributed by atoms with Gasteiger partial charge in [-0.05, 0) is 26.3 Å². The fourth-order valence-corrected chi connectivity index (χ4v) is 1.68. The maximum atomic E-state index is 11.9. The van der Waals surface area contributed by atoms with E-state index in [4.69, 9.17) is 0 Å². The maximum absolute atomic E-state index is 11.9. The highest BCUT2D eigenvalue weighted by atomic mass is 16.2. The van der Waals surface area contributed by atoms with Crippen LogP contribution in [0.4, 0.5) is 0 Å². The summed E-state index contributed by atoms with van der Waals surface area (Å²) in [6, 6.07) is 0. The van der Waals surface area contributed by atoms with Crippen LogP contribution in [0, 0.1) is 0 Å². The Morgan fingerprint density at radius 1 is 1.57 bits per heavy atom. The number of hydrogen-bond acceptors (Lipinski definition) is 2. The minimum atomic E-state index is 0.210. The zero-order valence-electron chi connectivity index (χ0n) is 9.18. The number of rotatable bonds is 4. The molecule has 0 bridgehead atoms. The van der Waals surface area contributed by atoms with Crippen molar-refractivity contribution in [3.63, 3.8) is 0 Å². The molecule has 1 N–H and O–H groups in total. The summed E-state index contributed by atoms with van der Waals surface area (Å²) < 4.78 is 0. The van der Waals surface area contributed by atoms with Gasteiger partial charge in [0.05, 0.1) is 0 Å². The van der Waals surface area contributed by atoms with Gasteiger partial charge in [-0.2, -0.15) is 0 Å². The lowest BCUT2D eigenvalue weighted by atomic mass is 10.1. The fraction of sp³-hybridized carbons (Fsp3) is 0.727. The van der Waals surface area contributed by atoms with Gasteiger partial charge in [0, 0.05) is 25.2 Å². The van der Waals surface area contributed by atoms with E-state index in [1.54, 1.807) is 0 Å².